The van der Waals surface area contributed by atoms with E-state index in [1.165, 1.54) is 6.08 Å². The Kier molecular flexibility index (Phi) is 8.75. The first-order chi connectivity index (χ1) is 13.5. The van der Waals surface area contributed by atoms with Crippen LogP contribution in [0.25, 0.3) is 6.08 Å². The van der Waals surface area contributed by atoms with Gasteiger partial charge < -0.3 is 14.8 Å². The van der Waals surface area contributed by atoms with E-state index in [1.807, 2.05) is 32.0 Å². The fraction of sp³-hybridized carbons (Fsp3) is 0.273. The third-order valence-corrected chi connectivity index (χ3v) is 4.28. The maximum absolute atomic E-state index is 12.3. The molecule has 0 fully saturated rings. The van der Waals surface area contributed by atoms with Gasteiger partial charge in [-0.05, 0) is 55.8 Å². The Labute approximate surface area is 173 Å². The van der Waals surface area contributed by atoms with E-state index in [0.29, 0.717) is 30.2 Å². The zero-order valence-corrected chi connectivity index (χ0v) is 17.6. The third-order valence-electron chi connectivity index (χ3n) is 3.78. The molecule has 0 aliphatic rings. The van der Waals surface area contributed by atoms with Crippen molar-refractivity contribution in [2.45, 2.75) is 26.7 Å². The summed E-state index contributed by atoms with van der Waals surface area (Å²) in [6.45, 7) is 4.87. The van der Waals surface area contributed by atoms with Crippen molar-refractivity contribution in [1.82, 2.24) is 0 Å². The number of carbonyl (C=O) groups excluding carboxylic acids is 2. The molecule has 28 heavy (non-hydrogen) atoms. The first-order valence-corrected chi connectivity index (χ1v) is 10.0. The lowest BCUT2D eigenvalue weighted by Gasteiger charge is -2.08. The van der Waals surface area contributed by atoms with Gasteiger partial charge in [-0.25, -0.2) is 4.79 Å². The highest BCUT2D eigenvalue weighted by Gasteiger charge is 2.08. The number of unbranched alkanes of at least 4 members (excludes halogenated alkanes) is 1. The summed E-state index contributed by atoms with van der Waals surface area (Å²) in [5, 5.41) is 2.75. The van der Waals surface area contributed by atoms with Crippen molar-refractivity contribution < 1.29 is 19.1 Å². The lowest BCUT2D eigenvalue weighted by atomic mass is 10.2. The summed E-state index contributed by atoms with van der Waals surface area (Å²) in [5.41, 5.74) is 1.72. The number of ether oxygens (including phenoxy) is 2. The van der Waals surface area contributed by atoms with E-state index in [1.54, 1.807) is 30.3 Å². The summed E-state index contributed by atoms with van der Waals surface area (Å²) >= 11 is 3.42. The molecule has 0 unspecified atom stereocenters. The molecule has 2 rings (SSSR count). The average molecular weight is 446 g/mol. The standard InChI is InChI=1S/C22H24BrNO4/c1-3-5-13-28-22(26)17-7-6-8-19(15-17)24-21(25)12-9-16-14-18(23)10-11-20(16)27-4-2/h6-12,14-15H,3-5,13H2,1-2H3,(H,24,25)/b12-9+. The van der Waals surface area contributed by atoms with E-state index in [4.69, 9.17) is 9.47 Å². The van der Waals surface area contributed by atoms with Crippen LogP contribution in [0.2, 0.25) is 0 Å². The summed E-state index contributed by atoms with van der Waals surface area (Å²) in [7, 11) is 0. The number of carbonyl (C=O) groups is 2. The van der Waals surface area contributed by atoms with Gasteiger partial charge in [0.2, 0.25) is 5.91 Å². The number of hydrogen-bond donors (Lipinski definition) is 1. The molecule has 0 aliphatic heterocycles. The van der Waals surface area contributed by atoms with Gasteiger partial charge in [-0.1, -0.05) is 35.3 Å². The number of amides is 1. The molecular weight excluding hydrogens is 422 g/mol. The van der Waals surface area contributed by atoms with E-state index in [0.717, 1.165) is 22.9 Å². The molecule has 0 radical (unpaired) electrons. The molecule has 1 N–H and O–H groups in total. The number of rotatable bonds is 9. The summed E-state index contributed by atoms with van der Waals surface area (Å²) < 4.78 is 11.7. The van der Waals surface area contributed by atoms with E-state index >= 15 is 0 Å². The molecule has 0 spiro atoms. The van der Waals surface area contributed by atoms with Crippen LogP contribution >= 0.6 is 15.9 Å². The fourth-order valence-corrected chi connectivity index (χ4v) is 2.78. The van der Waals surface area contributed by atoms with Gasteiger partial charge in [-0.15, -0.1) is 0 Å². The molecule has 0 heterocycles. The highest BCUT2D eigenvalue weighted by Crippen LogP contribution is 2.24. The van der Waals surface area contributed by atoms with Gasteiger partial charge >= 0.3 is 5.97 Å². The Bertz CT molecular complexity index is 848. The number of nitrogens with one attached hydrogen (secondary N) is 1. The summed E-state index contributed by atoms with van der Waals surface area (Å²) in [5.74, 6) is 0.000999. The maximum Gasteiger partial charge on any atom is 0.338 e. The summed E-state index contributed by atoms with van der Waals surface area (Å²) in [6.07, 6.45) is 4.90. The Morgan fingerprint density at radius 1 is 1.14 bits per heavy atom. The van der Waals surface area contributed by atoms with Crippen molar-refractivity contribution >= 4 is 39.6 Å². The second-order valence-electron chi connectivity index (χ2n) is 6.01. The zero-order valence-electron chi connectivity index (χ0n) is 16.0. The van der Waals surface area contributed by atoms with Gasteiger partial charge in [-0.3, -0.25) is 4.79 Å². The Hall–Kier alpha value is -2.60. The SMILES string of the molecule is CCCCOC(=O)c1cccc(NC(=O)/C=C/c2cc(Br)ccc2OCC)c1. The topological polar surface area (TPSA) is 64.6 Å². The third kappa shape index (κ3) is 6.85. The highest BCUT2D eigenvalue weighted by molar-refractivity contribution is 9.10. The number of halogens is 1. The Morgan fingerprint density at radius 3 is 2.71 bits per heavy atom. The fourth-order valence-electron chi connectivity index (χ4n) is 2.40. The quantitative estimate of drug-likeness (QED) is 0.316. The molecule has 0 aliphatic carbocycles. The van der Waals surface area contributed by atoms with Crippen LogP contribution in [0.15, 0.2) is 53.0 Å². The molecule has 0 aromatic heterocycles. The van der Waals surface area contributed by atoms with Gasteiger partial charge in [-0.2, -0.15) is 0 Å². The van der Waals surface area contributed by atoms with Crippen LogP contribution in [-0.2, 0) is 9.53 Å². The van der Waals surface area contributed by atoms with Crippen molar-refractivity contribution in [2.24, 2.45) is 0 Å². The monoisotopic (exact) mass is 445 g/mol. The van der Waals surface area contributed by atoms with Crippen LogP contribution < -0.4 is 10.1 Å². The van der Waals surface area contributed by atoms with Crippen molar-refractivity contribution in [3.05, 3.63) is 64.1 Å². The largest absolute Gasteiger partial charge is 0.493 e. The van der Waals surface area contributed by atoms with Crippen molar-refractivity contribution in [1.29, 1.82) is 0 Å². The van der Waals surface area contributed by atoms with Crippen LogP contribution in [0.5, 0.6) is 5.75 Å². The predicted molar refractivity (Wildman–Crippen MR) is 115 cm³/mol. The van der Waals surface area contributed by atoms with Crippen molar-refractivity contribution in [3.8, 4) is 5.75 Å². The highest BCUT2D eigenvalue weighted by atomic mass is 79.9. The Morgan fingerprint density at radius 2 is 1.96 bits per heavy atom. The molecule has 1 amide bonds. The second-order valence-corrected chi connectivity index (χ2v) is 6.92. The van der Waals surface area contributed by atoms with Gasteiger partial charge in [0.25, 0.3) is 0 Å². The second kappa shape index (κ2) is 11.3. The number of esters is 1. The smallest absolute Gasteiger partial charge is 0.338 e. The van der Waals surface area contributed by atoms with Gasteiger partial charge in [0.05, 0.1) is 18.8 Å². The number of anilines is 1. The molecule has 6 heteroatoms. The number of benzene rings is 2. The predicted octanol–water partition coefficient (Wildman–Crippen LogP) is 5.46. The van der Waals surface area contributed by atoms with E-state index in [-0.39, 0.29) is 5.91 Å². The zero-order chi connectivity index (χ0) is 20.4. The molecule has 0 saturated heterocycles. The maximum atomic E-state index is 12.3. The Balaban J connectivity index is 2.03. The lowest BCUT2D eigenvalue weighted by molar-refractivity contribution is -0.111. The molecule has 5 nitrogen and oxygen atoms in total. The van der Waals surface area contributed by atoms with E-state index < -0.39 is 5.97 Å². The molecule has 0 atom stereocenters. The summed E-state index contributed by atoms with van der Waals surface area (Å²) in [6, 6.07) is 12.3. The molecule has 148 valence electrons. The molecule has 0 bridgehead atoms. The molecular formula is C22H24BrNO4. The van der Waals surface area contributed by atoms with Crippen molar-refractivity contribution in [2.75, 3.05) is 18.5 Å². The van der Waals surface area contributed by atoms with Crippen LogP contribution in [0, 0.1) is 0 Å². The average Bonchev–Trinajstić information content (AvgIpc) is 2.68. The van der Waals surface area contributed by atoms with Crippen LogP contribution in [-0.4, -0.2) is 25.1 Å². The van der Waals surface area contributed by atoms with Crippen LogP contribution in [0.3, 0.4) is 0 Å². The first kappa shape index (κ1) is 21.7. The minimum absolute atomic E-state index is 0.307. The van der Waals surface area contributed by atoms with Gasteiger partial charge in [0, 0.05) is 21.8 Å². The van der Waals surface area contributed by atoms with E-state index in [2.05, 4.69) is 21.2 Å². The number of hydrogen-bond acceptors (Lipinski definition) is 4. The lowest BCUT2D eigenvalue weighted by Crippen LogP contribution is -2.10. The molecule has 0 saturated carbocycles. The minimum Gasteiger partial charge on any atom is -0.493 e. The van der Waals surface area contributed by atoms with Crippen LogP contribution in [0.1, 0.15) is 42.6 Å². The molecule has 2 aromatic carbocycles. The van der Waals surface area contributed by atoms with Gasteiger partial charge in [0.15, 0.2) is 0 Å². The van der Waals surface area contributed by atoms with Crippen molar-refractivity contribution in [3.63, 3.8) is 0 Å². The van der Waals surface area contributed by atoms with Crippen LogP contribution in [0.4, 0.5) is 5.69 Å². The summed E-state index contributed by atoms with van der Waals surface area (Å²) in [4.78, 5) is 24.3. The molecule has 2 aromatic rings. The van der Waals surface area contributed by atoms with Gasteiger partial charge in [0.1, 0.15) is 5.75 Å². The minimum atomic E-state index is -0.393. The first-order valence-electron chi connectivity index (χ1n) is 9.22. The van der Waals surface area contributed by atoms with E-state index in [9.17, 15) is 9.59 Å². The normalized spacial score (nSPS) is 10.7.